The number of benzene rings is 1. The van der Waals surface area contributed by atoms with Crippen molar-refractivity contribution in [2.24, 2.45) is 0 Å². The topological polar surface area (TPSA) is 67.0 Å². The lowest BCUT2D eigenvalue weighted by molar-refractivity contribution is -0.121. The van der Waals surface area contributed by atoms with Crippen LogP contribution in [0.5, 0.6) is 5.75 Å². The summed E-state index contributed by atoms with van der Waals surface area (Å²) in [5.41, 5.74) is 1.07. The van der Waals surface area contributed by atoms with Gasteiger partial charge in [0.25, 0.3) is 0 Å². The fraction of sp³-hybridized carbons (Fsp3) is 0.375. The number of carbonyl (C=O) groups is 1. The van der Waals surface area contributed by atoms with Gasteiger partial charge >= 0.3 is 0 Å². The molecule has 1 aromatic carbocycles. The summed E-state index contributed by atoms with van der Waals surface area (Å²) in [6.45, 7) is 3.18. The Labute approximate surface area is 124 Å². The number of nitrogens with one attached hydrogen (secondary N) is 2. The van der Waals surface area contributed by atoms with Crippen LogP contribution in [-0.4, -0.2) is 29.0 Å². The van der Waals surface area contributed by atoms with E-state index in [9.17, 15) is 4.79 Å². The predicted octanol–water partition coefficient (Wildman–Crippen LogP) is 2.10. The fourth-order valence-corrected chi connectivity index (χ4v) is 2.10. The monoisotopic (exact) mass is 287 g/mol. The number of hydrogen-bond donors (Lipinski definition) is 2. The number of aromatic amines is 1. The molecule has 0 aliphatic carbocycles. The highest BCUT2D eigenvalue weighted by Crippen LogP contribution is 2.19. The Kier molecular flexibility index (Phi) is 5.82. The quantitative estimate of drug-likeness (QED) is 0.781. The van der Waals surface area contributed by atoms with Crippen LogP contribution in [0.4, 0.5) is 0 Å². The Morgan fingerprint density at radius 2 is 2.19 bits per heavy atom. The first kappa shape index (κ1) is 15.1. The number of rotatable bonds is 8. The van der Waals surface area contributed by atoms with E-state index < -0.39 is 0 Å². The smallest absolute Gasteiger partial charge is 0.220 e. The molecule has 0 unspecified atom stereocenters. The van der Waals surface area contributed by atoms with E-state index >= 15 is 0 Å². The van der Waals surface area contributed by atoms with Crippen molar-refractivity contribution in [1.29, 1.82) is 0 Å². The molecular weight excluding hydrogens is 266 g/mol. The standard InChI is InChI=1S/C16H21N3O2/c1-2-21-14-6-4-3-5-13(14)7-8-16(20)19-10-9-15-17-11-12-18-15/h3-6,11-12H,2,7-10H2,1H3,(H,17,18)(H,19,20). The van der Waals surface area contributed by atoms with Crippen LogP contribution in [0.2, 0.25) is 0 Å². The lowest BCUT2D eigenvalue weighted by Crippen LogP contribution is -2.26. The van der Waals surface area contributed by atoms with Gasteiger partial charge in [0.2, 0.25) is 5.91 Å². The fourth-order valence-electron chi connectivity index (χ4n) is 2.10. The summed E-state index contributed by atoms with van der Waals surface area (Å²) in [5.74, 6) is 1.80. The van der Waals surface area contributed by atoms with Crippen molar-refractivity contribution in [1.82, 2.24) is 15.3 Å². The van der Waals surface area contributed by atoms with Crippen molar-refractivity contribution in [2.75, 3.05) is 13.2 Å². The minimum Gasteiger partial charge on any atom is -0.494 e. The normalized spacial score (nSPS) is 10.3. The summed E-state index contributed by atoms with van der Waals surface area (Å²) in [4.78, 5) is 19.0. The maximum atomic E-state index is 11.8. The Hall–Kier alpha value is -2.30. The summed E-state index contributed by atoms with van der Waals surface area (Å²) >= 11 is 0. The van der Waals surface area contributed by atoms with Gasteiger partial charge in [0.1, 0.15) is 11.6 Å². The first-order chi connectivity index (χ1) is 10.3. The molecule has 21 heavy (non-hydrogen) atoms. The number of hydrogen-bond acceptors (Lipinski definition) is 3. The number of aromatic nitrogens is 2. The number of para-hydroxylation sites is 1. The van der Waals surface area contributed by atoms with Crippen molar-refractivity contribution in [3.8, 4) is 5.75 Å². The van der Waals surface area contributed by atoms with Gasteiger partial charge in [-0.3, -0.25) is 4.79 Å². The maximum absolute atomic E-state index is 11.8. The average molecular weight is 287 g/mol. The molecule has 0 saturated carbocycles. The number of amides is 1. The number of ether oxygens (including phenoxy) is 1. The number of carbonyl (C=O) groups excluding carboxylic acids is 1. The predicted molar refractivity (Wildman–Crippen MR) is 81.2 cm³/mol. The molecule has 0 radical (unpaired) electrons. The minimum absolute atomic E-state index is 0.0489. The Morgan fingerprint density at radius 1 is 1.33 bits per heavy atom. The van der Waals surface area contributed by atoms with Gasteiger partial charge in [-0.1, -0.05) is 18.2 Å². The second kappa shape index (κ2) is 8.09. The highest BCUT2D eigenvalue weighted by molar-refractivity contribution is 5.76. The summed E-state index contributed by atoms with van der Waals surface area (Å²) < 4.78 is 5.56. The van der Waals surface area contributed by atoms with Gasteiger partial charge in [0, 0.05) is 31.8 Å². The first-order valence-electron chi connectivity index (χ1n) is 7.25. The Morgan fingerprint density at radius 3 is 2.95 bits per heavy atom. The van der Waals surface area contributed by atoms with E-state index in [1.165, 1.54) is 0 Å². The van der Waals surface area contributed by atoms with Crippen LogP contribution in [0.1, 0.15) is 24.7 Å². The van der Waals surface area contributed by atoms with Crippen LogP contribution < -0.4 is 10.1 Å². The first-order valence-corrected chi connectivity index (χ1v) is 7.25. The third kappa shape index (κ3) is 4.95. The van der Waals surface area contributed by atoms with Crippen LogP contribution in [0.3, 0.4) is 0 Å². The molecule has 0 aliphatic heterocycles. The van der Waals surface area contributed by atoms with Crippen molar-refractivity contribution in [3.05, 3.63) is 48.0 Å². The van der Waals surface area contributed by atoms with E-state index in [0.717, 1.165) is 17.1 Å². The number of imidazole rings is 1. The summed E-state index contributed by atoms with van der Waals surface area (Å²) in [7, 11) is 0. The molecule has 0 atom stereocenters. The molecule has 0 fully saturated rings. The van der Waals surface area contributed by atoms with E-state index in [1.807, 2.05) is 31.2 Å². The summed E-state index contributed by atoms with van der Waals surface area (Å²) in [6, 6.07) is 7.85. The highest BCUT2D eigenvalue weighted by atomic mass is 16.5. The molecule has 0 bridgehead atoms. The molecule has 0 saturated heterocycles. The molecule has 1 aromatic heterocycles. The van der Waals surface area contributed by atoms with E-state index in [0.29, 0.717) is 32.4 Å². The SMILES string of the molecule is CCOc1ccccc1CCC(=O)NCCc1ncc[nH]1. The lowest BCUT2D eigenvalue weighted by Gasteiger charge is -2.09. The summed E-state index contributed by atoms with van der Waals surface area (Å²) in [6.07, 6.45) is 5.35. The molecule has 0 spiro atoms. The zero-order chi connectivity index (χ0) is 14.9. The van der Waals surface area contributed by atoms with Gasteiger partial charge in [-0.25, -0.2) is 4.98 Å². The molecule has 1 amide bonds. The third-order valence-corrected chi connectivity index (χ3v) is 3.13. The second-order valence-electron chi connectivity index (χ2n) is 4.68. The maximum Gasteiger partial charge on any atom is 0.220 e. The minimum atomic E-state index is 0.0489. The van der Waals surface area contributed by atoms with E-state index in [2.05, 4.69) is 15.3 Å². The molecule has 112 valence electrons. The molecular formula is C16H21N3O2. The van der Waals surface area contributed by atoms with Crippen LogP contribution in [0.25, 0.3) is 0 Å². The van der Waals surface area contributed by atoms with Gasteiger partial charge in [-0.15, -0.1) is 0 Å². The average Bonchev–Trinajstić information content (AvgIpc) is 3.00. The van der Waals surface area contributed by atoms with Crippen LogP contribution in [0.15, 0.2) is 36.7 Å². The van der Waals surface area contributed by atoms with Gasteiger partial charge in [-0.05, 0) is 25.0 Å². The molecule has 2 rings (SSSR count). The number of nitrogens with zero attached hydrogens (tertiary/aromatic N) is 1. The molecule has 0 aliphatic rings. The Bertz CT molecular complexity index is 552. The van der Waals surface area contributed by atoms with Gasteiger partial charge < -0.3 is 15.0 Å². The van der Waals surface area contributed by atoms with E-state index in [4.69, 9.17) is 4.74 Å². The highest BCUT2D eigenvalue weighted by Gasteiger charge is 2.06. The number of H-pyrrole nitrogens is 1. The Balaban J connectivity index is 1.73. The van der Waals surface area contributed by atoms with Crippen molar-refractivity contribution in [3.63, 3.8) is 0 Å². The molecule has 5 heteroatoms. The zero-order valence-corrected chi connectivity index (χ0v) is 12.3. The molecule has 2 N–H and O–H groups in total. The van der Waals surface area contributed by atoms with Crippen LogP contribution in [-0.2, 0) is 17.6 Å². The van der Waals surface area contributed by atoms with Crippen molar-refractivity contribution < 1.29 is 9.53 Å². The largest absolute Gasteiger partial charge is 0.494 e. The zero-order valence-electron chi connectivity index (χ0n) is 12.3. The summed E-state index contributed by atoms with van der Waals surface area (Å²) in [5, 5.41) is 2.90. The second-order valence-corrected chi connectivity index (χ2v) is 4.68. The molecule has 1 heterocycles. The van der Waals surface area contributed by atoms with Crippen LogP contribution >= 0.6 is 0 Å². The third-order valence-electron chi connectivity index (χ3n) is 3.13. The van der Waals surface area contributed by atoms with Crippen molar-refractivity contribution in [2.45, 2.75) is 26.2 Å². The van der Waals surface area contributed by atoms with E-state index in [1.54, 1.807) is 12.4 Å². The van der Waals surface area contributed by atoms with E-state index in [-0.39, 0.29) is 5.91 Å². The molecule has 5 nitrogen and oxygen atoms in total. The van der Waals surface area contributed by atoms with Gasteiger partial charge in [-0.2, -0.15) is 0 Å². The van der Waals surface area contributed by atoms with Gasteiger partial charge in [0.05, 0.1) is 6.61 Å². The van der Waals surface area contributed by atoms with Gasteiger partial charge in [0.15, 0.2) is 0 Å². The lowest BCUT2D eigenvalue weighted by atomic mass is 10.1. The van der Waals surface area contributed by atoms with Crippen molar-refractivity contribution >= 4 is 5.91 Å². The number of aryl methyl sites for hydroxylation is 1. The molecule has 2 aromatic rings. The van der Waals surface area contributed by atoms with Crippen LogP contribution in [0, 0.1) is 0 Å².